The van der Waals surface area contributed by atoms with Crippen molar-refractivity contribution >= 4 is 21.7 Å². The molecule has 0 spiro atoms. The molecular formula is C22H28FN3O3S. The Hall–Kier alpha value is -2.45. The number of rotatable bonds is 6. The van der Waals surface area contributed by atoms with Gasteiger partial charge >= 0.3 is 6.03 Å². The molecule has 0 unspecified atom stereocenters. The Morgan fingerprint density at radius 3 is 2.27 bits per heavy atom. The number of benzene rings is 2. The lowest BCUT2D eigenvalue weighted by Crippen LogP contribution is -2.47. The summed E-state index contributed by atoms with van der Waals surface area (Å²) in [6.45, 7) is 4.91. The molecule has 8 heteroatoms. The zero-order chi connectivity index (χ0) is 21.7. The first-order valence-electron chi connectivity index (χ1n) is 10.2. The number of sulfonamides is 1. The molecule has 0 radical (unpaired) electrons. The van der Waals surface area contributed by atoms with Crippen LogP contribution < -0.4 is 10.6 Å². The van der Waals surface area contributed by atoms with Gasteiger partial charge in [-0.1, -0.05) is 26.0 Å². The topological polar surface area (TPSA) is 78.5 Å². The molecule has 0 aliphatic carbocycles. The molecule has 30 heavy (non-hydrogen) atoms. The molecule has 6 nitrogen and oxygen atoms in total. The van der Waals surface area contributed by atoms with Gasteiger partial charge in [0.2, 0.25) is 10.0 Å². The Bertz CT molecular complexity index is 954. The molecule has 0 saturated carbocycles. The predicted molar refractivity (Wildman–Crippen MR) is 115 cm³/mol. The van der Waals surface area contributed by atoms with Crippen molar-refractivity contribution < 1.29 is 17.6 Å². The van der Waals surface area contributed by atoms with Gasteiger partial charge in [0.25, 0.3) is 0 Å². The first-order chi connectivity index (χ1) is 14.3. The number of amides is 2. The van der Waals surface area contributed by atoms with Gasteiger partial charge in [-0.05, 0) is 67.1 Å². The van der Waals surface area contributed by atoms with Crippen molar-refractivity contribution in [3.63, 3.8) is 0 Å². The van der Waals surface area contributed by atoms with Crippen molar-refractivity contribution in [3.05, 3.63) is 59.9 Å². The molecule has 1 aliphatic rings. The minimum atomic E-state index is -3.55. The number of carbonyl (C=O) groups is 1. The molecule has 1 atom stereocenters. The van der Waals surface area contributed by atoms with Crippen molar-refractivity contribution in [1.82, 2.24) is 9.62 Å². The molecule has 1 aliphatic heterocycles. The zero-order valence-electron chi connectivity index (χ0n) is 17.3. The lowest BCUT2D eigenvalue weighted by molar-refractivity contribution is 0.238. The van der Waals surface area contributed by atoms with Gasteiger partial charge < -0.3 is 10.6 Å². The third-order valence-corrected chi connectivity index (χ3v) is 7.50. The maximum atomic E-state index is 12.9. The van der Waals surface area contributed by atoms with E-state index in [0.29, 0.717) is 42.4 Å². The Kier molecular flexibility index (Phi) is 7.10. The number of carbonyl (C=O) groups excluding carboxylic acids is 1. The quantitative estimate of drug-likeness (QED) is 0.712. The van der Waals surface area contributed by atoms with Crippen molar-refractivity contribution in [2.45, 2.75) is 50.0 Å². The fourth-order valence-electron chi connectivity index (χ4n) is 3.48. The summed E-state index contributed by atoms with van der Waals surface area (Å²) in [5, 5.41) is 5.51. The van der Waals surface area contributed by atoms with E-state index in [1.807, 2.05) is 12.1 Å². The van der Waals surface area contributed by atoms with Crippen molar-refractivity contribution in [1.29, 1.82) is 0 Å². The number of hydrogen-bond acceptors (Lipinski definition) is 3. The van der Waals surface area contributed by atoms with Crippen LogP contribution in [0.4, 0.5) is 14.9 Å². The van der Waals surface area contributed by atoms with Gasteiger partial charge in [-0.15, -0.1) is 0 Å². The maximum absolute atomic E-state index is 12.9. The molecular weight excluding hydrogens is 405 g/mol. The number of hydrogen-bond donors (Lipinski definition) is 2. The zero-order valence-corrected chi connectivity index (χ0v) is 18.1. The molecule has 1 fully saturated rings. The predicted octanol–water partition coefficient (Wildman–Crippen LogP) is 4.31. The van der Waals surface area contributed by atoms with Gasteiger partial charge in [-0.2, -0.15) is 4.31 Å². The SMILES string of the molecule is CC[C@H](C)c1ccc(S(=O)(=O)N2CCC(NC(=O)Nc3ccc(F)cc3)CC2)cc1. The van der Waals surface area contributed by atoms with Gasteiger partial charge in [0.05, 0.1) is 4.90 Å². The molecule has 3 rings (SSSR count). The third kappa shape index (κ3) is 5.37. The Balaban J connectivity index is 1.54. The Morgan fingerprint density at radius 1 is 1.10 bits per heavy atom. The summed E-state index contributed by atoms with van der Waals surface area (Å²) >= 11 is 0. The first-order valence-corrected chi connectivity index (χ1v) is 11.7. The average Bonchev–Trinajstić information content (AvgIpc) is 2.75. The first kappa shape index (κ1) is 22.2. The number of nitrogens with zero attached hydrogens (tertiary/aromatic N) is 1. The van der Waals surface area contributed by atoms with E-state index in [0.717, 1.165) is 12.0 Å². The second kappa shape index (κ2) is 9.57. The van der Waals surface area contributed by atoms with Crippen LogP contribution in [0.5, 0.6) is 0 Å². The summed E-state index contributed by atoms with van der Waals surface area (Å²) in [5.41, 5.74) is 1.63. The van der Waals surface area contributed by atoms with Crippen LogP contribution in [0.2, 0.25) is 0 Å². The highest BCUT2D eigenvalue weighted by molar-refractivity contribution is 7.89. The highest BCUT2D eigenvalue weighted by atomic mass is 32.2. The van der Waals surface area contributed by atoms with Crippen LogP contribution >= 0.6 is 0 Å². The van der Waals surface area contributed by atoms with E-state index in [1.165, 1.54) is 28.6 Å². The van der Waals surface area contributed by atoms with Crippen molar-refractivity contribution in [2.75, 3.05) is 18.4 Å². The normalized spacial score (nSPS) is 16.8. The largest absolute Gasteiger partial charge is 0.335 e. The fraction of sp³-hybridized carbons (Fsp3) is 0.409. The van der Waals surface area contributed by atoms with E-state index in [1.54, 1.807) is 12.1 Å². The minimum Gasteiger partial charge on any atom is -0.335 e. The van der Waals surface area contributed by atoms with Crippen LogP contribution in [-0.2, 0) is 10.0 Å². The van der Waals surface area contributed by atoms with Crippen LogP contribution in [-0.4, -0.2) is 37.9 Å². The number of urea groups is 1. The molecule has 0 aromatic heterocycles. The summed E-state index contributed by atoms with van der Waals surface area (Å²) < 4.78 is 40.3. The van der Waals surface area contributed by atoms with Crippen LogP contribution in [0, 0.1) is 5.82 Å². The van der Waals surface area contributed by atoms with Crippen LogP contribution in [0.25, 0.3) is 0 Å². The molecule has 2 aromatic carbocycles. The fourth-order valence-corrected chi connectivity index (χ4v) is 4.95. The third-order valence-electron chi connectivity index (χ3n) is 5.59. The van der Waals surface area contributed by atoms with Gasteiger partial charge in [0, 0.05) is 24.8 Å². The number of halogens is 1. The molecule has 1 heterocycles. The van der Waals surface area contributed by atoms with Gasteiger partial charge in [0.15, 0.2) is 0 Å². The molecule has 2 aromatic rings. The summed E-state index contributed by atoms with van der Waals surface area (Å²) in [7, 11) is -3.55. The number of anilines is 1. The van der Waals surface area contributed by atoms with Crippen LogP contribution in [0.15, 0.2) is 53.4 Å². The van der Waals surface area contributed by atoms with E-state index >= 15 is 0 Å². The second-order valence-corrected chi connectivity index (χ2v) is 9.60. The van der Waals surface area contributed by atoms with E-state index in [-0.39, 0.29) is 17.9 Å². The van der Waals surface area contributed by atoms with Gasteiger partial charge in [0.1, 0.15) is 5.82 Å². The van der Waals surface area contributed by atoms with E-state index in [9.17, 15) is 17.6 Å². The number of piperidine rings is 1. The van der Waals surface area contributed by atoms with Crippen LogP contribution in [0.1, 0.15) is 44.6 Å². The number of nitrogens with one attached hydrogen (secondary N) is 2. The highest BCUT2D eigenvalue weighted by Gasteiger charge is 2.30. The Labute approximate surface area is 177 Å². The smallest absolute Gasteiger partial charge is 0.319 e. The summed E-state index contributed by atoms with van der Waals surface area (Å²) in [4.78, 5) is 12.4. The lowest BCUT2D eigenvalue weighted by Gasteiger charge is -2.31. The molecule has 2 N–H and O–H groups in total. The standard InChI is InChI=1S/C22H28FN3O3S/c1-3-16(2)17-4-10-21(11-5-17)30(28,29)26-14-12-20(13-15-26)25-22(27)24-19-8-6-18(23)7-9-19/h4-11,16,20H,3,12-15H2,1-2H3,(H2,24,25,27)/t16-/m0/s1. The molecule has 1 saturated heterocycles. The van der Waals surface area contributed by atoms with Crippen molar-refractivity contribution in [3.8, 4) is 0 Å². The van der Waals surface area contributed by atoms with Crippen molar-refractivity contribution in [2.24, 2.45) is 0 Å². The van der Waals surface area contributed by atoms with E-state index in [2.05, 4.69) is 24.5 Å². The monoisotopic (exact) mass is 433 g/mol. The second-order valence-electron chi connectivity index (χ2n) is 7.66. The maximum Gasteiger partial charge on any atom is 0.319 e. The highest BCUT2D eigenvalue weighted by Crippen LogP contribution is 2.24. The van der Waals surface area contributed by atoms with Crippen LogP contribution in [0.3, 0.4) is 0 Å². The minimum absolute atomic E-state index is 0.121. The van der Waals surface area contributed by atoms with Gasteiger partial charge in [-0.25, -0.2) is 17.6 Å². The van der Waals surface area contributed by atoms with E-state index < -0.39 is 10.0 Å². The average molecular weight is 434 g/mol. The summed E-state index contributed by atoms with van der Waals surface area (Å²) in [5.74, 6) is 0.0219. The molecule has 0 bridgehead atoms. The van der Waals surface area contributed by atoms with E-state index in [4.69, 9.17) is 0 Å². The summed E-state index contributed by atoms with van der Waals surface area (Å²) in [6.07, 6.45) is 2.06. The molecule has 2 amide bonds. The Morgan fingerprint density at radius 2 is 1.70 bits per heavy atom. The summed E-state index contributed by atoms with van der Waals surface area (Å²) in [6, 6.07) is 12.1. The lowest BCUT2D eigenvalue weighted by atomic mass is 9.99. The molecule has 162 valence electrons. The van der Waals surface area contributed by atoms with Gasteiger partial charge in [-0.3, -0.25) is 0 Å².